The molecule has 0 spiro atoms. The number of carbonyl (C=O) groups is 2. The van der Waals surface area contributed by atoms with Gasteiger partial charge >= 0.3 is 11.9 Å². The van der Waals surface area contributed by atoms with E-state index in [2.05, 4.69) is 21.3 Å². The third-order valence-electron chi connectivity index (χ3n) is 8.44. The molecule has 44 heavy (non-hydrogen) atoms. The standard InChI is InChI=1S/C38H26N2O4/c1-23-27-17-9-11-19-31(27)39(25-13-5-3-6-14-25)35(23)33-21-29(37(41)43-33)30-22-34(44-38(30)42)36-24(2)28-18-10-12-20-32(28)40(36)26-15-7-4-8-16-26/h3-22H,1-2H3/b30-29+. The largest absolute Gasteiger partial charge is 0.421 e. The van der Waals surface area contributed by atoms with Crippen LogP contribution < -0.4 is 0 Å². The van der Waals surface area contributed by atoms with E-state index < -0.39 is 11.9 Å². The maximum atomic E-state index is 13.4. The third kappa shape index (κ3) is 3.81. The molecule has 0 bridgehead atoms. The molecule has 0 N–H and O–H groups in total. The second-order valence-corrected chi connectivity index (χ2v) is 10.9. The molecule has 4 aromatic carbocycles. The van der Waals surface area contributed by atoms with E-state index in [-0.39, 0.29) is 11.1 Å². The van der Waals surface area contributed by atoms with Crippen LogP contribution in [0.15, 0.2) is 132 Å². The van der Waals surface area contributed by atoms with Crippen molar-refractivity contribution < 1.29 is 19.1 Å². The fraction of sp³-hybridized carbons (Fsp3) is 0.0526. The van der Waals surface area contributed by atoms with E-state index in [4.69, 9.17) is 9.47 Å². The predicted molar refractivity (Wildman–Crippen MR) is 171 cm³/mol. The molecule has 0 radical (unpaired) electrons. The molecule has 0 aliphatic carbocycles. The van der Waals surface area contributed by atoms with E-state index in [1.165, 1.54) is 0 Å². The van der Waals surface area contributed by atoms with Gasteiger partial charge in [-0.3, -0.25) is 0 Å². The molecule has 0 saturated carbocycles. The predicted octanol–water partition coefficient (Wildman–Crippen LogP) is 7.98. The number of esters is 2. The van der Waals surface area contributed by atoms with Crippen LogP contribution in [0.5, 0.6) is 0 Å². The number of cyclic esters (lactones) is 2. The van der Waals surface area contributed by atoms with E-state index in [1.54, 1.807) is 12.2 Å². The lowest BCUT2D eigenvalue weighted by Gasteiger charge is -2.11. The summed E-state index contributed by atoms with van der Waals surface area (Å²) in [7, 11) is 0. The second-order valence-electron chi connectivity index (χ2n) is 10.9. The number of fused-ring (bicyclic) bond motifs is 2. The summed E-state index contributed by atoms with van der Waals surface area (Å²) < 4.78 is 16.0. The van der Waals surface area contributed by atoms with Crippen molar-refractivity contribution >= 4 is 45.3 Å². The summed E-state index contributed by atoms with van der Waals surface area (Å²) in [6.45, 7) is 4.04. The minimum absolute atomic E-state index is 0.171. The normalized spacial score (nSPS) is 16.4. The fourth-order valence-electron chi connectivity index (χ4n) is 6.44. The molecule has 212 valence electrons. The Kier molecular flexibility index (Phi) is 5.78. The molecule has 8 rings (SSSR count). The van der Waals surface area contributed by atoms with Gasteiger partial charge in [-0.1, -0.05) is 72.8 Å². The maximum absolute atomic E-state index is 13.4. The molecule has 2 aliphatic heterocycles. The first-order valence-corrected chi connectivity index (χ1v) is 14.4. The molecule has 6 nitrogen and oxygen atoms in total. The summed E-state index contributed by atoms with van der Waals surface area (Å²) in [6, 6.07) is 36.1. The van der Waals surface area contributed by atoms with Gasteiger partial charge in [-0.15, -0.1) is 0 Å². The minimum Gasteiger partial charge on any atom is -0.421 e. The van der Waals surface area contributed by atoms with Gasteiger partial charge in [-0.05, 0) is 73.5 Å². The zero-order valence-electron chi connectivity index (χ0n) is 24.1. The number of aromatic nitrogens is 2. The van der Waals surface area contributed by atoms with E-state index in [0.29, 0.717) is 11.5 Å². The monoisotopic (exact) mass is 574 g/mol. The zero-order valence-corrected chi connectivity index (χ0v) is 24.1. The number of hydrogen-bond acceptors (Lipinski definition) is 4. The Balaban J connectivity index is 1.31. The zero-order chi connectivity index (χ0) is 29.9. The number of ether oxygens (including phenoxy) is 2. The van der Waals surface area contributed by atoms with E-state index in [1.807, 2.05) is 111 Å². The molecule has 0 unspecified atom stereocenters. The Morgan fingerprint density at radius 2 is 0.841 bits per heavy atom. The molecule has 0 saturated heterocycles. The van der Waals surface area contributed by atoms with Gasteiger partial charge in [-0.2, -0.15) is 0 Å². The first-order valence-electron chi connectivity index (χ1n) is 14.4. The van der Waals surface area contributed by atoms with Crippen molar-refractivity contribution in [1.82, 2.24) is 9.13 Å². The highest BCUT2D eigenvalue weighted by Gasteiger charge is 2.36. The Morgan fingerprint density at radius 1 is 0.477 bits per heavy atom. The van der Waals surface area contributed by atoms with Gasteiger partial charge in [0.25, 0.3) is 0 Å². The Morgan fingerprint density at radius 3 is 1.25 bits per heavy atom. The molecule has 2 aliphatic rings. The van der Waals surface area contributed by atoms with Crippen LogP contribution in [0.2, 0.25) is 0 Å². The molecule has 6 aromatic rings. The van der Waals surface area contributed by atoms with Crippen LogP contribution in [0, 0.1) is 13.8 Å². The summed E-state index contributed by atoms with van der Waals surface area (Å²) in [6.07, 6.45) is 3.33. The van der Waals surface area contributed by atoms with Crippen molar-refractivity contribution in [1.29, 1.82) is 0 Å². The van der Waals surface area contributed by atoms with Crippen LogP contribution in [0.3, 0.4) is 0 Å². The molecule has 0 fully saturated rings. The van der Waals surface area contributed by atoms with Crippen molar-refractivity contribution in [3.8, 4) is 11.4 Å². The van der Waals surface area contributed by atoms with Crippen LogP contribution in [0.1, 0.15) is 22.5 Å². The summed E-state index contributed by atoms with van der Waals surface area (Å²) in [4.78, 5) is 26.8. The molecular weight excluding hydrogens is 548 g/mol. The maximum Gasteiger partial charge on any atom is 0.344 e. The molecule has 0 amide bonds. The number of hydrogen-bond donors (Lipinski definition) is 0. The second kappa shape index (κ2) is 9.85. The fourth-order valence-corrected chi connectivity index (χ4v) is 6.44. The molecule has 4 heterocycles. The highest BCUT2D eigenvalue weighted by Crippen LogP contribution is 2.41. The van der Waals surface area contributed by atoms with Crippen LogP contribution in [0.25, 0.3) is 44.7 Å². The van der Waals surface area contributed by atoms with Gasteiger partial charge in [0.1, 0.15) is 0 Å². The summed E-state index contributed by atoms with van der Waals surface area (Å²) in [5, 5.41) is 2.10. The van der Waals surface area contributed by atoms with Crippen LogP contribution in [-0.2, 0) is 19.1 Å². The quantitative estimate of drug-likeness (QED) is 0.158. The number of nitrogens with zero attached hydrogens (tertiary/aromatic N) is 2. The highest BCUT2D eigenvalue weighted by molar-refractivity contribution is 6.13. The molecule has 2 aromatic heterocycles. The van der Waals surface area contributed by atoms with E-state index in [9.17, 15) is 9.59 Å². The topological polar surface area (TPSA) is 62.5 Å². The van der Waals surface area contributed by atoms with Gasteiger partial charge in [0.15, 0.2) is 11.5 Å². The van der Waals surface area contributed by atoms with Crippen molar-refractivity contribution in [3.63, 3.8) is 0 Å². The summed E-state index contributed by atoms with van der Waals surface area (Å²) in [5.74, 6) is -0.401. The summed E-state index contributed by atoms with van der Waals surface area (Å²) in [5.41, 5.74) is 7.69. The van der Waals surface area contributed by atoms with Gasteiger partial charge in [0.05, 0.1) is 33.6 Å². The first kappa shape index (κ1) is 25.8. The number of benzene rings is 4. The smallest absolute Gasteiger partial charge is 0.344 e. The average Bonchev–Trinajstić information content (AvgIpc) is 3.79. The number of para-hydroxylation sites is 4. The van der Waals surface area contributed by atoms with Gasteiger partial charge in [0.2, 0.25) is 0 Å². The minimum atomic E-state index is -0.589. The van der Waals surface area contributed by atoms with E-state index >= 15 is 0 Å². The molecular formula is C38H26N2O4. The Labute approximate surface area is 253 Å². The van der Waals surface area contributed by atoms with Crippen LogP contribution in [0.4, 0.5) is 0 Å². The van der Waals surface area contributed by atoms with Gasteiger partial charge in [0, 0.05) is 22.1 Å². The van der Waals surface area contributed by atoms with E-state index in [0.717, 1.165) is 55.7 Å². The SMILES string of the molecule is Cc1c(C2=C/C(=C3/C=C(c4c(C)c5ccccc5n4-c4ccccc4)OC3=O)C(=O)O2)n(-c2ccccc2)c2ccccc12. The number of rotatable bonds is 4. The number of carbonyl (C=O) groups excluding carboxylic acids is 2. The van der Waals surface area contributed by atoms with Crippen molar-refractivity contribution in [2.24, 2.45) is 0 Å². The van der Waals surface area contributed by atoms with Crippen molar-refractivity contribution in [3.05, 3.63) is 155 Å². The first-order chi connectivity index (χ1) is 21.5. The summed E-state index contributed by atoms with van der Waals surface area (Å²) >= 11 is 0. The Bertz CT molecular complexity index is 2100. The molecule has 0 atom stereocenters. The Hall–Kier alpha value is -5.88. The third-order valence-corrected chi connectivity index (χ3v) is 8.44. The van der Waals surface area contributed by atoms with Gasteiger partial charge < -0.3 is 18.6 Å². The average molecular weight is 575 g/mol. The molecule has 6 heteroatoms. The van der Waals surface area contributed by atoms with Crippen LogP contribution >= 0.6 is 0 Å². The lowest BCUT2D eigenvalue weighted by molar-refractivity contribution is -0.133. The lowest BCUT2D eigenvalue weighted by atomic mass is 10.1. The van der Waals surface area contributed by atoms with Crippen molar-refractivity contribution in [2.75, 3.05) is 0 Å². The van der Waals surface area contributed by atoms with Crippen LogP contribution in [-0.4, -0.2) is 21.1 Å². The highest BCUT2D eigenvalue weighted by atomic mass is 16.5. The van der Waals surface area contributed by atoms with Crippen molar-refractivity contribution in [2.45, 2.75) is 13.8 Å². The van der Waals surface area contributed by atoms with Gasteiger partial charge in [-0.25, -0.2) is 9.59 Å². The number of aryl methyl sites for hydroxylation is 2. The lowest BCUT2D eigenvalue weighted by Crippen LogP contribution is -2.06.